The molecule has 1 rings (SSSR count). The molecule has 0 saturated heterocycles. The summed E-state index contributed by atoms with van der Waals surface area (Å²) in [6, 6.07) is 5.11. The molecule has 1 atom stereocenters. The molecule has 3 N–H and O–H groups in total. The maximum atomic E-state index is 13.7. The second-order valence-corrected chi connectivity index (χ2v) is 7.16. The summed E-state index contributed by atoms with van der Waals surface area (Å²) in [6.45, 7) is 10.3. The molecule has 1 unspecified atom stereocenters. The zero-order valence-electron chi connectivity index (χ0n) is 17.0. The van der Waals surface area contributed by atoms with Crippen LogP contribution in [-0.2, 0) is 4.74 Å². The maximum absolute atomic E-state index is 13.7. The lowest BCUT2D eigenvalue weighted by Gasteiger charge is -2.20. The predicted molar refractivity (Wildman–Crippen MR) is 118 cm³/mol. The number of alkyl carbamates (subject to hydrolysis) is 1. The minimum absolute atomic E-state index is 0. The molecule has 0 spiro atoms. The van der Waals surface area contributed by atoms with Crippen molar-refractivity contribution in [1.82, 2.24) is 16.0 Å². The van der Waals surface area contributed by atoms with Crippen LogP contribution in [0.5, 0.6) is 0 Å². The lowest BCUT2D eigenvalue weighted by molar-refractivity contribution is 0.0527. The Morgan fingerprint density at radius 3 is 2.44 bits per heavy atom. The van der Waals surface area contributed by atoms with E-state index in [1.54, 1.807) is 20.0 Å². The van der Waals surface area contributed by atoms with Crippen LogP contribution in [0.2, 0.25) is 0 Å². The van der Waals surface area contributed by atoms with Crippen molar-refractivity contribution in [1.29, 1.82) is 0 Å². The van der Waals surface area contributed by atoms with Crippen LogP contribution in [0.25, 0.3) is 0 Å². The highest BCUT2D eigenvalue weighted by Crippen LogP contribution is 2.16. The van der Waals surface area contributed by atoms with Crippen molar-refractivity contribution in [3.05, 3.63) is 35.1 Å². The number of nitrogens with one attached hydrogen (secondary N) is 3. The van der Waals surface area contributed by atoms with E-state index in [4.69, 9.17) is 4.74 Å². The third-order valence-corrected chi connectivity index (χ3v) is 3.59. The average Bonchev–Trinajstić information content (AvgIpc) is 2.54. The van der Waals surface area contributed by atoms with E-state index in [1.165, 1.54) is 6.07 Å². The van der Waals surface area contributed by atoms with Crippen LogP contribution in [0.3, 0.4) is 0 Å². The Balaban J connectivity index is 0.00000676. The number of halogens is 2. The molecule has 27 heavy (non-hydrogen) atoms. The van der Waals surface area contributed by atoms with E-state index < -0.39 is 11.7 Å². The molecule has 0 bridgehead atoms. The Hall–Kier alpha value is -1.58. The summed E-state index contributed by atoms with van der Waals surface area (Å²) in [4.78, 5) is 15.7. The Labute approximate surface area is 178 Å². The van der Waals surface area contributed by atoms with Gasteiger partial charge in [-0.05, 0) is 58.2 Å². The van der Waals surface area contributed by atoms with Gasteiger partial charge in [-0.25, -0.2) is 9.18 Å². The maximum Gasteiger partial charge on any atom is 0.407 e. The van der Waals surface area contributed by atoms with Gasteiger partial charge in [0.1, 0.15) is 11.4 Å². The second-order valence-electron chi connectivity index (χ2n) is 7.16. The molecule has 154 valence electrons. The highest BCUT2D eigenvalue weighted by Gasteiger charge is 2.15. The van der Waals surface area contributed by atoms with Crippen molar-refractivity contribution in [2.24, 2.45) is 4.99 Å². The van der Waals surface area contributed by atoms with Gasteiger partial charge < -0.3 is 20.7 Å². The van der Waals surface area contributed by atoms with Crippen LogP contribution in [0.15, 0.2) is 23.2 Å². The van der Waals surface area contributed by atoms with E-state index in [-0.39, 0.29) is 35.8 Å². The summed E-state index contributed by atoms with van der Waals surface area (Å²) in [5, 5.41) is 9.10. The Morgan fingerprint density at radius 2 is 1.89 bits per heavy atom. The highest BCUT2D eigenvalue weighted by atomic mass is 127. The first kappa shape index (κ1) is 25.4. The predicted octanol–water partition coefficient (Wildman–Crippen LogP) is 3.89. The van der Waals surface area contributed by atoms with Crippen molar-refractivity contribution < 1.29 is 13.9 Å². The van der Waals surface area contributed by atoms with Crippen LogP contribution in [-0.4, -0.2) is 37.8 Å². The Bertz CT molecular complexity index is 633. The van der Waals surface area contributed by atoms with Crippen molar-refractivity contribution in [3.63, 3.8) is 0 Å². The van der Waals surface area contributed by atoms with Crippen LogP contribution in [0, 0.1) is 12.7 Å². The normalized spacial score (nSPS) is 12.6. The number of aryl methyl sites for hydroxylation is 1. The fourth-order valence-corrected chi connectivity index (χ4v) is 2.16. The largest absolute Gasteiger partial charge is 0.444 e. The number of nitrogens with zero attached hydrogens (tertiary/aromatic N) is 1. The molecule has 0 aliphatic carbocycles. The molecule has 1 aromatic rings. The summed E-state index contributed by atoms with van der Waals surface area (Å²) >= 11 is 0. The minimum atomic E-state index is -0.500. The Morgan fingerprint density at radius 1 is 1.26 bits per heavy atom. The third kappa shape index (κ3) is 10.4. The number of amides is 1. The molecule has 1 amide bonds. The number of carbonyl (C=O) groups excluding carboxylic acids is 1. The van der Waals surface area contributed by atoms with Gasteiger partial charge in [-0.1, -0.05) is 12.1 Å². The van der Waals surface area contributed by atoms with Crippen LogP contribution in [0.1, 0.15) is 51.3 Å². The first-order chi connectivity index (χ1) is 12.1. The van der Waals surface area contributed by atoms with Gasteiger partial charge in [0.2, 0.25) is 0 Å². The number of ether oxygens (including phenoxy) is 1. The molecule has 1 aromatic carbocycles. The lowest BCUT2D eigenvalue weighted by atomic mass is 10.1. The van der Waals surface area contributed by atoms with Gasteiger partial charge >= 0.3 is 6.09 Å². The Kier molecular flexibility index (Phi) is 11.3. The fourth-order valence-electron chi connectivity index (χ4n) is 2.16. The van der Waals surface area contributed by atoms with Crippen LogP contribution < -0.4 is 16.0 Å². The number of rotatable bonds is 6. The van der Waals surface area contributed by atoms with E-state index >= 15 is 0 Å². The first-order valence-corrected chi connectivity index (χ1v) is 8.82. The number of benzene rings is 1. The molecular weight excluding hydrogens is 462 g/mol. The highest BCUT2D eigenvalue weighted by molar-refractivity contribution is 14.0. The molecule has 0 fully saturated rings. The van der Waals surface area contributed by atoms with Gasteiger partial charge in [0.15, 0.2) is 5.96 Å². The molecule has 0 aromatic heterocycles. The van der Waals surface area contributed by atoms with E-state index in [2.05, 4.69) is 20.9 Å². The molecule has 0 saturated carbocycles. The van der Waals surface area contributed by atoms with Crippen LogP contribution >= 0.6 is 24.0 Å². The third-order valence-electron chi connectivity index (χ3n) is 3.59. The summed E-state index contributed by atoms with van der Waals surface area (Å²) in [5.41, 5.74) is 0.975. The molecule has 8 heteroatoms. The summed E-state index contributed by atoms with van der Waals surface area (Å²) in [5.74, 6) is 0.406. The zero-order chi connectivity index (χ0) is 19.7. The number of carbonyl (C=O) groups is 1. The smallest absolute Gasteiger partial charge is 0.407 e. The van der Waals surface area contributed by atoms with Gasteiger partial charge in [0.25, 0.3) is 0 Å². The summed E-state index contributed by atoms with van der Waals surface area (Å²) < 4.78 is 18.9. The number of hydrogen-bond donors (Lipinski definition) is 3. The number of hydrogen-bond acceptors (Lipinski definition) is 3. The number of aliphatic imine (C=N–C) groups is 1. The second kappa shape index (κ2) is 12.0. The van der Waals surface area contributed by atoms with Crippen LogP contribution in [0.4, 0.5) is 9.18 Å². The summed E-state index contributed by atoms with van der Waals surface area (Å²) in [7, 11) is 1.68. The van der Waals surface area contributed by atoms with E-state index in [1.807, 2.05) is 33.8 Å². The fraction of sp³-hybridized carbons (Fsp3) is 0.579. The van der Waals surface area contributed by atoms with Crippen molar-refractivity contribution >= 4 is 36.0 Å². The van der Waals surface area contributed by atoms with Gasteiger partial charge in [-0.3, -0.25) is 4.99 Å². The van der Waals surface area contributed by atoms with Gasteiger partial charge in [0.05, 0.1) is 6.04 Å². The topological polar surface area (TPSA) is 74.8 Å². The quantitative estimate of drug-likeness (QED) is 0.243. The van der Waals surface area contributed by atoms with Gasteiger partial charge in [-0.15, -0.1) is 24.0 Å². The molecular formula is C19H32FIN4O2. The standard InChI is InChI=1S/C19H31FN4O2.HI/c1-13-8-9-15(12-16(13)20)14(2)24-17(21-6)22-10-7-11-23-18(25)26-19(3,4)5;/h8-9,12,14H,7,10-11H2,1-6H3,(H,23,25)(H2,21,22,24);1H. The summed E-state index contributed by atoms with van der Waals surface area (Å²) in [6.07, 6.45) is 0.294. The molecule has 0 aliphatic heterocycles. The average molecular weight is 494 g/mol. The van der Waals surface area contributed by atoms with Gasteiger partial charge in [0, 0.05) is 20.1 Å². The van der Waals surface area contributed by atoms with E-state index in [0.717, 1.165) is 5.56 Å². The van der Waals surface area contributed by atoms with Gasteiger partial charge in [-0.2, -0.15) is 0 Å². The molecule has 0 aliphatic rings. The van der Waals surface area contributed by atoms with E-state index in [9.17, 15) is 9.18 Å². The molecule has 0 radical (unpaired) electrons. The van der Waals surface area contributed by atoms with E-state index in [0.29, 0.717) is 31.0 Å². The van der Waals surface area contributed by atoms with Crippen molar-refractivity contribution in [2.45, 2.75) is 52.7 Å². The minimum Gasteiger partial charge on any atom is -0.444 e. The van der Waals surface area contributed by atoms with Crippen molar-refractivity contribution in [3.8, 4) is 0 Å². The molecule has 6 nitrogen and oxygen atoms in total. The van der Waals surface area contributed by atoms with Crippen molar-refractivity contribution in [2.75, 3.05) is 20.1 Å². The number of guanidine groups is 1. The SMILES string of the molecule is CN=C(NCCCNC(=O)OC(C)(C)C)NC(C)c1ccc(C)c(F)c1.I. The molecule has 0 heterocycles. The lowest BCUT2D eigenvalue weighted by Crippen LogP contribution is -2.40. The zero-order valence-corrected chi connectivity index (χ0v) is 19.3. The first-order valence-electron chi connectivity index (χ1n) is 8.82. The monoisotopic (exact) mass is 494 g/mol.